The van der Waals surface area contributed by atoms with Crippen molar-refractivity contribution in [3.63, 3.8) is 0 Å². The Balaban J connectivity index is 0.000000174. The Morgan fingerprint density at radius 1 is 0.782 bits per heavy atom. The summed E-state index contributed by atoms with van der Waals surface area (Å²) in [6, 6.07) is 38.0. The number of benzene rings is 3. The van der Waals surface area contributed by atoms with Crippen LogP contribution < -0.4 is 9.13 Å². The van der Waals surface area contributed by atoms with Gasteiger partial charge in [0.05, 0.1) is 29.4 Å². The van der Waals surface area contributed by atoms with Crippen LogP contribution in [0.25, 0.3) is 44.6 Å². The second kappa shape index (κ2) is 18.5. The molecule has 3 aromatic carbocycles. The summed E-state index contributed by atoms with van der Waals surface area (Å²) in [7, 11) is 7.77. The fourth-order valence-corrected chi connectivity index (χ4v) is 6.05. The summed E-state index contributed by atoms with van der Waals surface area (Å²) in [6.07, 6.45) is 6.87. The van der Waals surface area contributed by atoms with Gasteiger partial charge in [0.2, 0.25) is 5.71 Å². The van der Waals surface area contributed by atoms with Crippen molar-refractivity contribution in [2.75, 3.05) is 0 Å². The van der Waals surface area contributed by atoms with Gasteiger partial charge in [0.15, 0.2) is 0 Å². The molecule has 0 fully saturated rings. The van der Waals surface area contributed by atoms with Crippen LogP contribution in [-0.4, -0.2) is 9.97 Å². The number of pyridine rings is 4. The molecule has 6 heteroatoms. The number of nitrogens with zero attached hydrogens (tertiary/aromatic N) is 4. The molecule has 0 bridgehead atoms. The number of hydrogen-bond acceptors (Lipinski definition) is 3. The Hall–Kier alpha value is -5.81. The molecule has 0 saturated heterocycles. The molecule has 281 valence electrons. The van der Waals surface area contributed by atoms with E-state index in [9.17, 15) is 0 Å². The second-order valence-corrected chi connectivity index (χ2v) is 13.0. The molecule has 1 radical (unpaired) electrons. The first-order valence-electron chi connectivity index (χ1n) is 20.7. The van der Waals surface area contributed by atoms with Crippen LogP contribution in [0.2, 0.25) is 0 Å². The fourth-order valence-electron chi connectivity index (χ4n) is 6.05. The monoisotopic (exact) mass is 906 g/mol. The molecule has 5 nitrogen and oxygen atoms in total. The predicted octanol–water partition coefficient (Wildman–Crippen LogP) is 10.4. The third-order valence-electron chi connectivity index (χ3n) is 9.07. The number of fused-ring (bicyclic) bond motifs is 3. The van der Waals surface area contributed by atoms with Crippen LogP contribution in [0.5, 0.6) is 0 Å². The van der Waals surface area contributed by atoms with Gasteiger partial charge in [0.1, 0.15) is 0 Å². The van der Waals surface area contributed by atoms with E-state index in [1.807, 2.05) is 85.9 Å². The molecule has 0 aliphatic heterocycles. The zero-order chi connectivity index (χ0) is 43.2. The maximum atomic E-state index is 7.33. The average Bonchev–Trinajstić information content (AvgIpc) is 3.57. The molecule has 8 aromatic rings. The first-order valence-corrected chi connectivity index (χ1v) is 17.7. The Labute approximate surface area is 348 Å². The Kier molecular flexibility index (Phi) is 11.0. The zero-order valence-electron chi connectivity index (χ0n) is 37.1. The van der Waals surface area contributed by atoms with Gasteiger partial charge in [-0.2, -0.15) is 42.7 Å². The van der Waals surface area contributed by atoms with E-state index in [-0.39, 0.29) is 32.1 Å². The van der Waals surface area contributed by atoms with Crippen LogP contribution in [-0.2, 0) is 39.4 Å². The SMILES string of the molecule is [2H]C([2H])([2H])Cc1ccc(Cc2ccccc2[CH2-])[n+]([CH2-])c1.[2H]C([2H])([2H])c1ccc(-c2[c-]cccc2)[n+]([CH2-])c1.[CH2-]c1ccc2c(oc3nc(CC)ccc32)c1-c1ccc(C)cn1.[Ir]. The molecule has 0 amide bonds. The van der Waals surface area contributed by atoms with Crippen molar-refractivity contribution in [2.45, 2.75) is 46.8 Å². The van der Waals surface area contributed by atoms with Gasteiger partial charge < -0.3 is 13.6 Å². The molecule has 0 atom stereocenters. The minimum Gasteiger partial charge on any atom is -0.450 e. The first-order chi connectivity index (χ1) is 28.5. The van der Waals surface area contributed by atoms with Gasteiger partial charge in [0.25, 0.3) is 0 Å². The van der Waals surface area contributed by atoms with Crippen molar-refractivity contribution < 1.29 is 41.9 Å². The van der Waals surface area contributed by atoms with E-state index in [4.69, 9.17) is 12.6 Å². The van der Waals surface area contributed by atoms with Crippen molar-refractivity contribution in [1.29, 1.82) is 0 Å². The maximum absolute atomic E-state index is 7.33. The third-order valence-corrected chi connectivity index (χ3v) is 9.07. The van der Waals surface area contributed by atoms with Gasteiger partial charge in [-0.05, 0) is 74.0 Å². The summed E-state index contributed by atoms with van der Waals surface area (Å²) in [6.45, 7) is 8.23. The van der Waals surface area contributed by atoms with Crippen molar-refractivity contribution in [3.8, 4) is 22.5 Å². The summed E-state index contributed by atoms with van der Waals surface area (Å²) in [5.74, 6) is 0. The van der Waals surface area contributed by atoms with E-state index < -0.39 is 13.7 Å². The van der Waals surface area contributed by atoms with Crippen LogP contribution in [0.15, 0.2) is 132 Å². The molecule has 5 aromatic heterocycles. The van der Waals surface area contributed by atoms with Crippen molar-refractivity contribution in [1.82, 2.24) is 9.97 Å². The van der Waals surface area contributed by atoms with Crippen LogP contribution in [0.4, 0.5) is 0 Å². The Morgan fingerprint density at radius 3 is 2.27 bits per heavy atom. The van der Waals surface area contributed by atoms with E-state index in [0.29, 0.717) is 5.71 Å². The van der Waals surface area contributed by atoms with Crippen molar-refractivity contribution >= 4 is 22.1 Å². The standard InChI is InChI=1S/C20H17N2O.C16H18N.C13H12N.Ir/c1-4-14-7-9-16-15-8-6-13(3)18(19(15)23-20(16)22-14)17-10-5-12(2)11-21-17;1-4-14-9-10-16(17(3)12-14)11-15-8-6-5-7-13(15)2;1-11-8-9-13(14(2)10-11)12-6-4-3-5-7-12;/h5-11H,3-4H2,1-2H3;5-10,12H,2-4,11H2,1H3;3-6,8-10H,2H2,1H3;/q3*-1;/i;2*1D3;. The summed E-state index contributed by atoms with van der Waals surface area (Å²) in [5.41, 5.74) is 12.3. The summed E-state index contributed by atoms with van der Waals surface area (Å²) < 4.78 is 53.3. The van der Waals surface area contributed by atoms with Crippen LogP contribution in [0, 0.1) is 47.8 Å². The topological polar surface area (TPSA) is 46.7 Å². The number of aryl methyl sites for hydroxylation is 4. The number of furan rings is 1. The largest absolute Gasteiger partial charge is 0.450 e. The van der Waals surface area contributed by atoms with Gasteiger partial charge >= 0.3 is 0 Å². The zero-order valence-corrected chi connectivity index (χ0v) is 33.5. The van der Waals surface area contributed by atoms with E-state index in [1.165, 1.54) is 6.20 Å². The third kappa shape index (κ3) is 9.66. The van der Waals surface area contributed by atoms with E-state index in [2.05, 4.69) is 75.2 Å². The average molecular weight is 906 g/mol. The van der Waals surface area contributed by atoms with Crippen LogP contribution in [0.3, 0.4) is 0 Å². The number of hydrogen-bond donors (Lipinski definition) is 0. The normalized spacial score (nSPS) is 12.6. The molecule has 8 rings (SSSR count). The van der Waals surface area contributed by atoms with Gasteiger partial charge in [-0.25, -0.2) is 4.98 Å². The second-order valence-electron chi connectivity index (χ2n) is 13.0. The summed E-state index contributed by atoms with van der Waals surface area (Å²) in [4.78, 5) is 9.14. The predicted molar refractivity (Wildman–Crippen MR) is 220 cm³/mol. The van der Waals surface area contributed by atoms with E-state index in [0.717, 1.165) is 90.9 Å². The smallest absolute Gasteiger partial charge is 0.226 e. The number of aromatic nitrogens is 4. The number of rotatable bonds is 6. The molecule has 0 unspecified atom stereocenters. The van der Waals surface area contributed by atoms with E-state index in [1.54, 1.807) is 27.5 Å². The quantitative estimate of drug-likeness (QED) is 0.123. The maximum Gasteiger partial charge on any atom is 0.226 e. The Bertz CT molecular complexity index is 2730. The minimum absolute atomic E-state index is 0. The van der Waals surface area contributed by atoms with Crippen LogP contribution >= 0.6 is 0 Å². The van der Waals surface area contributed by atoms with Gasteiger partial charge in [-0.1, -0.05) is 55.2 Å². The summed E-state index contributed by atoms with van der Waals surface area (Å²) in [5, 5.41) is 2.09. The first kappa shape index (κ1) is 32.6. The Morgan fingerprint density at radius 2 is 1.58 bits per heavy atom. The van der Waals surface area contributed by atoms with Gasteiger partial charge in [0, 0.05) is 70.8 Å². The minimum atomic E-state index is -2.10. The molecule has 0 saturated carbocycles. The molecular weight excluding hydrogens is 853 g/mol. The molecule has 5 heterocycles. The molecule has 0 aliphatic rings. The molecule has 0 N–H and O–H groups in total. The molecular formula is C49H47IrN4O-3. The molecule has 0 aliphatic carbocycles. The van der Waals surface area contributed by atoms with Crippen LogP contribution in [0.1, 0.15) is 66.8 Å². The van der Waals surface area contributed by atoms with Gasteiger partial charge in [-0.15, -0.1) is 48.5 Å². The van der Waals surface area contributed by atoms with Crippen molar-refractivity contribution in [3.05, 3.63) is 207 Å². The van der Waals surface area contributed by atoms with Gasteiger partial charge in [-0.3, -0.25) is 4.98 Å². The summed E-state index contributed by atoms with van der Waals surface area (Å²) >= 11 is 0. The molecule has 55 heavy (non-hydrogen) atoms. The van der Waals surface area contributed by atoms with Crippen molar-refractivity contribution in [2.24, 2.45) is 0 Å². The molecule has 0 spiro atoms. The van der Waals surface area contributed by atoms with E-state index >= 15 is 0 Å². The fraction of sp³-hybridized carbons (Fsp3) is 0.143.